The van der Waals surface area contributed by atoms with Gasteiger partial charge in [-0.3, -0.25) is 0 Å². The largest absolute Gasteiger partial charge is 0.212 e. The van der Waals surface area contributed by atoms with Gasteiger partial charge in [0.1, 0.15) is 15.1 Å². The summed E-state index contributed by atoms with van der Waals surface area (Å²) in [5.74, 6) is 0. The Balaban J connectivity index is 2.04. The topological polar surface area (TPSA) is 3.88 Å². The molecule has 2 aromatic carbocycles. The summed E-state index contributed by atoms with van der Waals surface area (Å²) >= 11 is 0. The summed E-state index contributed by atoms with van der Waals surface area (Å²) in [5.41, 5.74) is 7.10. The van der Waals surface area contributed by atoms with Gasteiger partial charge >= 0.3 is 0 Å². The highest BCUT2D eigenvalue weighted by atomic mass is 28.3. The van der Waals surface area contributed by atoms with Crippen LogP contribution in [-0.4, -0.2) is 8.07 Å². The highest BCUT2D eigenvalue weighted by molar-refractivity contribution is 7.01. The van der Waals surface area contributed by atoms with Crippen LogP contribution in [0.1, 0.15) is 30.5 Å². The lowest BCUT2D eigenvalue weighted by atomic mass is 9.76. The van der Waals surface area contributed by atoms with Crippen LogP contribution < -0.4 is 14.9 Å². The molecular formula is C24H28NSi+. The van der Waals surface area contributed by atoms with E-state index in [1.54, 1.807) is 10.4 Å². The standard InChI is InChI=1S/C24H28NSi/c1-17-15-20-23(16-18(17)21-12-9-10-14-25(21)4)26(5,6)22-13-8-7-11-19(22)24(20,2)3/h7-16H,1-6H3/q+1. The fraction of sp³-hybridized carbons (Fsp3) is 0.292. The molecule has 0 N–H and O–H groups in total. The second kappa shape index (κ2) is 5.65. The maximum atomic E-state index is 2.50. The SMILES string of the molecule is Cc1cc2c(cc1-c1cccc[n+]1C)[Si](C)(C)c1ccccc1C2(C)C. The smallest absolute Gasteiger partial charge is 0.201 e. The van der Waals surface area contributed by atoms with Crippen molar-refractivity contribution in [1.82, 2.24) is 0 Å². The minimum absolute atomic E-state index is 0.0522. The number of pyridine rings is 1. The molecule has 0 saturated heterocycles. The molecule has 26 heavy (non-hydrogen) atoms. The van der Waals surface area contributed by atoms with Crippen molar-refractivity contribution >= 4 is 18.4 Å². The predicted molar refractivity (Wildman–Crippen MR) is 113 cm³/mol. The van der Waals surface area contributed by atoms with Crippen molar-refractivity contribution in [2.45, 2.75) is 39.3 Å². The van der Waals surface area contributed by atoms with E-state index in [-0.39, 0.29) is 5.41 Å². The molecule has 1 aliphatic heterocycles. The van der Waals surface area contributed by atoms with E-state index in [1.165, 1.54) is 27.9 Å². The molecule has 4 rings (SSSR count). The first-order valence-corrected chi connectivity index (χ1v) is 12.4. The number of aryl methyl sites for hydroxylation is 2. The van der Waals surface area contributed by atoms with Crippen molar-refractivity contribution in [3.8, 4) is 11.3 Å². The molecule has 0 saturated carbocycles. The zero-order valence-electron chi connectivity index (χ0n) is 16.7. The molecule has 0 atom stereocenters. The first kappa shape index (κ1) is 17.2. The van der Waals surface area contributed by atoms with E-state index in [2.05, 4.69) is 106 Å². The zero-order valence-corrected chi connectivity index (χ0v) is 17.7. The predicted octanol–water partition coefficient (Wildman–Crippen LogP) is 3.95. The molecule has 0 bridgehead atoms. The molecule has 0 radical (unpaired) electrons. The number of nitrogens with zero attached hydrogens (tertiary/aromatic N) is 1. The van der Waals surface area contributed by atoms with Gasteiger partial charge in [-0.25, -0.2) is 4.57 Å². The summed E-state index contributed by atoms with van der Waals surface area (Å²) in [6.45, 7) is 12.0. The fourth-order valence-corrected chi connectivity index (χ4v) is 8.12. The molecule has 0 amide bonds. The van der Waals surface area contributed by atoms with Gasteiger partial charge in [-0.05, 0) is 40.9 Å². The van der Waals surface area contributed by atoms with Crippen molar-refractivity contribution in [3.05, 3.63) is 77.5 Å². The molecule has 132 valence electrons. The Bertz CT molecular complexity index is 1010. The van der Waals surface area contributed by atoms with Gasteiger partial charge in [0.2, 0.25) is 5.69 Å². The summed E-state index contributed by atoms with van der Waals surface area (Å²) in [4.78, 5) is 0. The van der Waals surface area contributed by atoms with Crippen LogP contribution in [0.25, 0.3) is 11.3 Å². The molecule has 1 nitrogen and oxygen atoms in total. The first-order chi connectivity index (χ1) is 12.2. The number of hydrogen-bond acceptors (Lipinski definition) is 0. The summed E-state index contributed by atoms with van der Waals surface area (Å²) in [6.07, 6.45) is 2.13. The summed E-state index contributed by atoms with van der Waals surface area (Å²) < 4.78 is 2.23. The third kappa shape index (κ3) is 2.32. The van der Waals surface area contributed by atoms with Crippen molar-refractivity contribution in [2.24, 2.45) is 7.05 Å². The van der Waals surface area contributed by atoms with Crippen LogP contribution >= 0.6 is 0 Å². The van der Waals surface area contributed by atoms with Crippen LogP contribution in [-0.2, 0) is 12.5 Å². The maximum Gasteiger partial charge on any atom is 0.212 e. The van der Waals surface area contributed by atoms with Gasteiger partial charge in [0.05, 0.1) is 0 Å². The second-order valence-corrected chi connectivity index (χ2v) is 13.0. The van der Waals surface area contributed by atoms with E-state index < -0.39 is 8.07 Å². The highest BCUT2D eigenvalue weighted by Crippen LogP contribution is 2.37. The van der Waals surface area contributed by atoms with Gasteiger partial charge in [-0.15, -0.1) is 0 Å². The van der Waals surface area contributed by atoms with E-state index in [0.717, 1.165) is 0 Å². The lowest BCUT2D eigenvalue weighted by Gasteiger charge is -2.43. The minimum Gasteiger partial charge on any atom is -0.201 e. The average Bonchev–Trinajstić information content (AvgIpc) is 2.61. The van der Waals surface area contributed by atoms with Gasteiger partial charge < -0.3 is 0 Å². The highest BCUT2D eigenvalue weighted by Gasteiger charge is 2.43. The number of rotatable bonds is 1. The number of fused-ring (bicyclic) bond motifs is 2. The second-order valence-electron chi connectivity index (χ2n) is 8.71. The lowest BCUT2D eigenvalue weighted by molar-refractivity contribution is -0.660. The Morgan fingerprint density at radius 3 is 2.27 bits per heavy atom. The third-order valence-corrected chi connectivity index (χ3v) is 9.86. The van der Waals surface area contributed by atoms with E-state index in [1.807, 2.05) is 0 Å². The van der Waals surface area contributed by atoms with Crippen molar-refractivity contribution in [2.75, 3.05) is 0 Å². The maximum absolute atomic E-state index is 2.50. The Hall–Kier alpha value is -2.19. The van der Waals surface area contributed by atoms with Crippen molar-refractivity contribution in [1.29, 1.82) is 0 Å². The average molecular weight is 359 g/mol. The van der Waals surface area contributed by atoms with Crippen LogP contribution in [0.4, 0.5) is 0 Å². The van der Waals surface area contributed by atoms with E-state index in [0.29, 0.717) is 0 Å². The van der Waals surface area contributed by atoms with Gasteiger partial charge in [0.15, 0.2) is 6.20 Å². The summed E-state index contributed by atoms with van der Waals surface area (Å²) in [7, 11) is 0.400. The quantitative estimate of drug-likeness (QED) is 0.458. The first-order valence-electron chi connectivity index (χ1n) is 9.45. The molecule has 0 aliphatic carbocycles. The zero-order chi connectivity index (χ0) is 18.7. The Labute approximate surface area is 158 Å². The lowest BCUT2D eigenvalue weighted by Crippen LogP contribution is -2.62. The molecule has 0 fully saturated rings. The molecule has 0 unspecified atom stereocenters. The summed E-state index contributed by atoms with van der Waals surface area (Å²) in [5, 5.41) is 3.18. The molecule has 3 aromatic rings. The van der Waals surface area contributed by atoms with Crippen LogP contribution in [0.2, 0.25) is 13.1 Å². The van der Waals surface area contributed by atoms with Crippen molar-refractivity contribution in [3.63, 3.8) is 0 Å². The van der Waals surface area contributed by atoms with Gasteiger partial charge in [-0.2, -0.15) is 0 Å². The monoisotopic (exact) mass is 358 g/mol. The van der Waals surface area contributed by atoms with E-state index >= 15 is 0 Å². The van der Waals surface area contributed by atoms with Crippen LogP contribution in [0, 0.1) is 6.92 Å². The Kier molecular flexibility index (Phi) is 3.75. The molecule has 1 aromatic heterocycles. The minimum atomic E-state index is -1.73. The number of hydrogen-bond donors (Lipinski definition) is 0. The summed E-state index contributed by atoms with van der Waals surface area (Å²) in [6, 6.07) is 20.5. The number of benzene rings is 2. The van der Waals surface area contributed by atoms with Gasteiger partial charge in [-0.1, -0.05) is 62.5 Å². The molecular weight excluding hydrogens is 330 g/mol. The normalized spacial score (nSPS) is 16.7. The molecule has 0 spiro atoms. The number of aromatic nitrogens is 1. The van der Waals surface area contributed by atoms with Gasteiger partial charge in [0.25, 0.3) is 0 Å². The van der Waals surface area contributed by atoms with Crippen LogP contribution in [0.5, 0.6) is 0 Å². The van der Waals surface area contributed by atoms with Crippen molar-refractivity contribution < 1.29 is 4.57 Å². The van der Waals surface area contributed by atoms with Crippen LogP contribution in [0.15, 0.2) is 60.8 Å². The molecule has 1 aliphatic rings. The van der Waals surface area contributed by atoms with E-state index in [4.69, 9.17) is 0 Å². The molecule has 2 heteroatoms. The Morgan fingerprint density at radius 2 is 1.54 bits per heavy atom. The Morgan fingerprint density at radius 1 is 0.846 bits per heavy atom. The fourth-order valence-electron chi connectivity index (χ4n) is 4.68. The third-order valence-electron chi connectivity index (χ3n) is 6.32. The van der Waals surface area contributed by atoms with E-state index in [9.17, 15) is 0 Å². The van der Waals surface area contributed by atoms with Crippen LogP contribution in [0.3, 0.4) is 0 Å². The molecule has 2 heterocycles. The van der Waals surface area contributed by atoms with Gasteiger partial charge in [0, 0.05) is 23.1 Å².